The third kappa shape index (κ3) is 3.08. The molecule has 8 heteroatoms. The third-order valence-corrected chi connectivity index (χ3v) is 3.79. The molecule has 1 aromatic carbocycles. The third-order valence-electron chi connectivity index (χ3n) is 2.71. The van der Waals surface area contributed by atoms with Gasteiger partial charge in [0.05, 0.1) is 4.92 Å². The van der Waals surface area contributed by atoms with E-state index in [0.717, 1.165) is 10.7 Å². The van der Waals surface area contributed by atoms with Crippen molar-refractivity contribution in [3.8, 4) is 0 Å². The Hall–Kier alpha value is -2.09. The van der Waals surface area contributed by atoms with E-state index >= 15 is 0 Å². The summed E-state index contributed by atoms with van der Waals surface area (Å²) in [5.41, 5.74) is 1.56. The number of nitro benzene ring substituents is 1. The minimum absolute atomic E-state index is 0.0999. The highest BCUT2D eigenvalue weighted by molar-refractivity contribution is 7.98. The van der Waals surface area contributed by atoms with E-state index in [1.165, 1.54) is 17.8 Å². The van der Waals surface area contributed by atoms with Gasteiger partial charge in [0.2, 0.25) is 0 Å². The van der Waals surface area contributed by atoms with E-state index < -0.39 is 0 Å². The molecule has 0 amide bonds. The highest BCUT2D eigenvalue weighted by atomic mass is 32.2. The van der Waals surface area contributed by atoms with Crippen molar-refractivity contribution in [1.29, 1.82) is 0 Å². The molecule has 0 saturated carbocycles. The Balaban J connectivity index is 2.24. The van der Waals surface area contributed by atoms with Crippen LogP contribution in [-0.2, 0) is 12.8 Å². The summed E-state index contributed by atoms with van der Waals surface area (Å²) in [6.45, 7) is 2.54. The molecule has 1 N–H and O–H groups in total. The number of anilines is 1. The van der Waals surface area contributed by atoms with Crippen LogP contribution >= 0.6 is 11.8 Å². The summed E-state index contributed by atoms with van der Waals surface area (Å²) in [7, 11) is 1.86. The zero-order valence-corrected chi connectivity index (χ0v) is 12.1. The molecular weight excluding hydrogens is 278 g/mol. The molecule has 7 nitrogen and oxygen atoms in total. The van der Waals surface area contributed by atoms with E-state index in [9.17, 15) is 10.1 Å². The number of benzene rings is 1. The van der Waals surface area contributed by atoms with Gasteiger partial charge in [-0.25, -0.2) is 0 Å². The van der Waals surface area contributed by atoms with Gasteiger partial charge in [0.15, 0.2) is 5.16 Å². The number of hydrogen-bond donors (Lipinski definition) is 1. The lowest BCUT2D eigenvalue weighted by molar-refractivity contribution is -0.384. The highest BCUT2D eigenvalue weighted by Crippen LogP contribution is 2.32. The molecular formula is C12H15N5O2S. The molecule has 2 aromatic rings. The van der Waals surface area contributed by atoms with Crippen LogP contribution in [0.2, 0.25) is 0 Å². The first-order valence-corrected chi connectivity index (χ1v) is 7.09. The van der Waals surface area contributed by atoms with E-state index in [0.29, 0.717) is 18.0 Å². The van der Waals surface area contributed by atoms with Gasteiger partial charge in [-0.3, -0.25) is 10.1 Å². The molecule has 0 bridgehead atoms. The second-order valence-corrected chi connectivity index (χ2v) is 5.05. The molecule has 20 heavy (non-hydrogen) atoms. The zero-order valence-electron chi connectivity index (χ0n) is 11.2. The molecule has 2 rings (SSSR count). The summed E-state index contributed by atoms with van der Waals surface area (Å²) >= 11 is 1.49. The lowest BCUT2D eigenvalue weighted by Crippen LogP contribution is -2.04. The van der Waals surface area contributed by atoms with Gasteiger partial charge in [-0.15, -0.1) is 10.2 Å². The largest absolute Gasteiger partial charge is 0.380 e. The minimum Gasteiger partial charge on any atom is -0.380 e. The number of rotatable bonds is 6. The van der Waals surface area contributed by atoms with Crippen molar-refractivity contribution in [3.05, 3.63) is 40.2 Å². The molecule has 0 saturated heterocycles. The Labute approximate surface area is 120 Å². The van der Waals surface area contributed by atoms with Crippen molar-refractivity contribution in [2.24, 2.45) is 7.05 Å². The molecule has 0 radical (unpaired) electrons. The quantitative estimate of drug-likeness (QED) is 0.500. The first-order chi connectivity index (χ1) is 9.63. The van der Waals surface area contributed by atoms with Crippen LogP contribution < -0.4 is 5.32 Å². The van der Waals surface area contributed by atoms with Gasteiger partial charge in [0, 0.05) is 25.4 Å². The summed E-state index contributed by atoms with van der Waals surface area (Å²) in [6, 6.07) is 5.09. The predicted octanol–water partition coefficient (Wildman–Crippen LogP) is 2.45. The standard InChI is InChI=1S/C12H15N5O2S/c1-3-13-11-9(5-4-6-10(11)17(18)19)7-20-12-15-14-8-16(12)2/h4-6,8,13H,3,7H2,1-2H3. The lowest BCUT2D eigenvalue weighted by atomic mass is 10.1. The van der Waals surface area contributed by atoms with Crippen LogP contribution in [0.3, 0.4) is 0 Å². The maximum absolute atomic E-state index is 11.1. The molecule has 0 aliphatic carbocycles. The van der Waals surface area contributed by atoms with Crippen LogP contribution in [0.15, 0.2) is 29.7 Å². The van der Waals surface area contributed by atoms with Crippen LogP contribution in [0.25, 0.3) is 0 Å². The Morgan fingerprint density at radius 1 is 1.50 bits per heavy atom. The second-order valence-electron chi connectivity index (χ2n) is 4.11. The van der Waals surface area contributed by atoms with Crippen LogP contribution in [0.1, 0.15) is 12.5 Å². The normalized spacial score (nSPS) is 10.5. The van der Waals surface area contributed by atoms with E-state index in [1.807, 2.05) is 24.6 Å². The number of nitro groups is 1. The number of para-hydroxylation sites is 1. The monoisotopic (exact) mass is 293 g/mol. The Kier molecular flexibility index (Phi) is 4.57. The molecule has 1 aromatic heterocycles. The van der Waals surface area contributed by atoms with Crippen molar-refractivity contribution in [1.82, 2.24) is 14.8 Å². The van der Waals surface area contributed by atoms with E-state index in [4.69, 9.17) is 0 Å². The zero-order chi connectivity index (χ0) is 14.5. The van der Waals surface area contributed by atoms with Gasteiger partial charge in [-0.2, -0.15) is 0 Å². The maximum atomic E-state index is 11.1. The lowest BCUT2D eigenvalue weighted by Gasteiger charge is -2.10. The summed E-state index contributed by atoms with van der Waals surface area (Å²) in [5, 5.41) is 22.7. The molecule has 0 spiro atoms. The molecule has 0 atom stereocenters. The molecule has 106 valence electrons. The van der Waals surface area contributed by atoms with E-state index in [2.05, 4.69) is 15.5 Å². The fraction of sp³-hybridized carbons (Fsp3) is 0.333. The fourth-order valence-corrected chi connectivity index (χ4v) is 2.67. The number of nitrogens with zero attached hydrogens (tertiary/aromatic N) is 4. The minimum atomic E-state index is -0.367. The first kappa shape index (κ1) is 14.3. The topological polar surface area (TPSA) is 85.9 Å². The summed E-state index contributed by atoms with van der Waals surface area (Å²) in [6.07, 6.45) is 1.63. The van der Waals surface area contributed by atoms with Crippen molar-refractivity contribution >= 4 is 23.1 Å². The van der Waals surface area contributed by atoms with Crippen molar-refractivity contribution < 1.29 is 4.92 Å². The van der Waals surface area contributed by atoms with Crippen molar-refractivity contribution in [3.63, 3.8) is 0 Å². The van der Waals surface area contributed by atoms with Gasteiger partial charge in [0.1, 0.15) is 12.0 Å². The number of hydrogen-bond acceptors (Lipinski definition) is 6. The second kappa shape index (κ2) is 6.38. The van der Waals surface area contributed by atoms with Crippen molar-refractivity contribution in [2.75, 3.05) is 11.9 Å². The Morgan fingerprint density at radius 2 is 2.30 bits per heavy atom. The molecule has 1 heterocycles. The van der Waals surface area contributed by atoms with Gasteiger partial charge < -0.3 is 9.88 Å². The van der Waals surface area contributed by atoms with Crippen LogP contribution in [0.4, 0.5) is 11.4 Å². The molecule has 0 aliphatic heterocycles. The number of nitrogens with one attached hydrogen (secondary N) is 1. The summed E-state index contributed by atoms with van der Waals surface area (Å²) in [4.78, 5) is 10.7. The van der Waals surface area contributed by atoms with E-state index in [1.54, 1.807) is 12.4 Å². The first-order valence-electron chi connectivity index (χ1n) is 6.10. The van der Waals surface area contributed by atoms with Crippen LogP contribution in [0.5, 0.6) is 0 Å². The number of thioether (sulfide) groups is 1. The maximum Gasteiger partial charge on any atom is 0.292 e. The van der Waals surface area contributed by atoms with Gasteiger partial charge in [-0.05, 0) is 12.5 Å². The van der Waals surface area contributed by atoms with E-state index in [-0.39, 0.29) is 10.6 Å². The molecule has 0 unspecified atom stereocenters. The average molecular weight is 293 g/mol. The summed E-state index contributed by atoms with van der Waals surface area (Å²) in [5.74, 6) is 0.594. The van der Waals surface area contributed by atoms with Crippen molar-refractivity contribution in [2.45, 2.75) is 17.8 Å². The Morgan fingerprint density at radius 3 is 2.90 bits per heavy atom. The van der Waals surface area contributed by atoms with Crippen LogP contribution in [0, 0.1) is 10.1 Å². The summed E-state index contributed by atoms with van der Waals surface area (Å²) < 4.78 is 1.81. The average Bonchev–Trinajstić information content (AvgIpc) is 2.83. The van der Waals surface area contributed by atoms with Gasteiger partial charge >= 0.3 is 0 Å². The van der Waals surface area contributed by atoms with Crippen LogP contribution in [-0.4, -0.2) is 26.2 Å². The SMILES string of the molecule is CCNc1c(CSc2nncn2C)cccc1[N+](=O)[O-]. The number of aryl methyl sites for hydroxylation is 1. The number of aromatic nitrogens is 3. The molecule has 0 fully saturated rings. The Bertz CT molecular complexity index is 614. The smallest absolute Gasteiger partial charge is 0.292 e. The fourth-order valence-electron chi connectivity index (χ4n) is 1.79. The highest BCUT2D eigenvalue weighted by Gasteiger charge is 2.17. The molecule has 0 aliphatic rings. The van der Waals surface area contributed by atoms with Gasteiger partial charge in [0.25, 0.3) is 5.69 Å². The predicted molar refractivity (Wildman–Crippen MR) is 77.8 cm³/mol. The van der Waals surface area contributed by atoms with Gasteiger partial charge in [-0.1, -0.05) is 23.9 Å².